The third-order valence-corrected chi connectivity index (χ3v) is 6.53. The molecule has 3 aromatic rings. The zero-order valence-corrected chi connectivity index (χ0v) is 16.3. The Labute approximate surface area is 165 Å². The molecule has 0 unspecified atom stereocenters. The Hall–Kier alpha value is -0.760. The molecule has 0 aliphatic rings. The fourth-order valence-electron chi connectivity index (χ4n) is 1.86. The molecule has 2 aromatic heterocycles. The van der Waals surface area contributed by atoms with Gasteiger partial charge in [0.25, 0.3) is 0 Å². The monoisotopic (exact) mass is 437 g/mol. The lowest BCUT2D eigenvalue weighted by Crippen LogP contribution is -2.15. The Balaban J connectivity index is 1.74. The van der Waals surface area contributed by atoms with E-state index < -0.39 is 0 Å². The van der Waals surface area contributed by atoms with Gasteiger partial charge in [-0.2, -0.15) is 0 Å². The quantitative estimate of drug-likeness (QED) is 0.306. The van der Waals surface area contributed by atoms with Gasteiger partial charge in [-0.15, -0.1) is 11.3 Å². The number of amides is 1. The van der Waals surface area contributed by atoms with Crippen LogP contribution in [-0.2, 0) is 4.79 Å². The summed E-state index contributed by atoms with van der Waals surface area (Å²) < 4.78 is 0.942. The number of aromatic nitrogens is 2. The van der Waals surface area contributed by atoms with Gasteiger partial charge in [-0.3, -0.25) is 4.79 Å². The maximum absolute atomic E-state index is 12.2. The van der Waals surface area contributed by atoms with Crippen LogP contribution in [0.15, 0.2) is 28.9 Å². The predicted molar refractivity (Wildman–Crippen MR) is 103 cm³/mol. The summed E-state index contributed by atoms with van der Waals surface area (Å²) in [5.41, 5.74) is 1.05. The van der Waals surface area contributed by atoms with Crippen LogP contribution in [0.1, 0.15) is 0 Å². The van der Waals surface area contributed by atoms with Crippen LogP contribution in [0.3, 0.4) is 0 Å². The SMILES string of the molecule is O=C(CSc1ncnc2ccsc12)Nc1c(Cl)c(Cl)cc(Cl)c1Cl. The molecular formula is C14H7Cl4N3OS2. The van der Waals surface area contributed by atoms with E-state index in [4.69, 9.17) is 46.4 Å². The second kappa shape index (κ2) is 7.64. The molecule has 10 heteroatoms. The molecule has 0 aliphatic heterocycles. The van der Waals surface area contributed by atoms with Gasteiger partial charge >= 0.3 is 0 Å². The highest BCUT2D eigenvalue weighted by molar-refractivity contribution is 8.00. The van der Waals surface area contributed by atoms with Crippen molar-refractivity contribution in [2.75, 3.05) is 11.1 Å². The first-order chi connectivity index (χ1) is 11.5. The molecule has 1 aromatic carbocycles. The molecule has 0 atom stereocenters. The Morgan fingerprint density at radius 1 is 1.17 bits per heavy atom. The molecule has 0 saturated heterocycles. The van der Waals surface area contributed by atoms with E-state index in [1.165, 1.54) is 35.5 Å². The molecule has 0 aliphatic carbocycles. The summed E-state index contributed by atoms with van der Waals surface area (Å²) in [5.74, 6) is -0.175. The minimum atomic E-state index is -0.301. The van der Waals surface area contributed by atoms with Gasteiger partial charge in [0.15, 0.2) is 0 Å². The van der Waals surface area contributed by atoms with Crippen molar-refractivity contribution in [3.63, 3.8) is 0 Å². The van der Waals surface area contributed by atoms with Crippen molar-refractivity contribution in [2.24, 2.45) is 0 Å². The molecule has 1 amide bonds. The van der Waals surface area contributed by atoms with Crippen LogP contribution in [0, 0.1) is 0 Å². The van der Waals surface area contributed by atoms with E-state index in [-0.39, 0.29) is 37.4 Å². The van der Waals surface area contributed by atoms with Crippen LogP contribution in [0.2, 0.25) is 20.1 Å². The summed E-state index contributed by atoms with van der Waals surface area (Å²) in [5, 5.41) is 6.03. The van der Waals surface area contributed by atoms with E-state index in [9.17, 15) is 4.79 Å². The van der Waals surface area contributed by atoms with E-state index in [0.29, 0.717) is 0 Å². The van der Waals surface area contributed by atoms with Crippen molar-refractivity contribution in [1.29, 1.82) is 0 Å². The lowest BCUT2D eigenvalue weighted by atomic mass is 10.3. The van der Waals surface area contributed by atoms with Gasteiger partial charge in [0.05, 0.1) is 41.7 Å². The van der Waals surface area contributed by atoms with E-state index >= 15 is 0 Å². The molecule has 0 bridgehead atoms. The summed E-state index contributed by atoms with van der Waals surface area (Å²) in [6.45, 7) is 0. The second-order valence-corrected chi connectivity index (χ2v) is 7.94. The fraction of sp³-hybridized carbons (Fsp3) is 0.0714. The molecule has 4 nitrogen and oxygen atoms in total. The van der Waals surface area contributed by atoms with Gasteiger partial charge in [0.1, 0.15) is 11.4 Å². The normalized spacial score (nSPS) is 11.0. The molecule has 2 heterocycles. The number of thioether (sulfide) groups is 1. The number of hydrogen-bond acceptors (Lipinski definition) is 5. The highest BCUT2D eigenvalue weighted by Gasteiger charge is 2.17. The van der Waals surface area contributed by atoms with Crippen molar-refractivity contribution in [3.05, 3.63) is 43.9 Å². The average molecular weight is 439 g/mol. The number of carbonyl (C=O) groups is 1. The largest absolute Gasteiger partial charge is 0.323 e. The zero-order valence-electron chi connectivity index (χ0n) is 11.6. The molecular weight excluding hydrogens is 432 g/mol. The summed E-state index contributed by atoms with van der Waals surface area (Å²) in [4.78, 5) is 20.6. The van der Waals surface area contributed by atoms with Crippen LogP contribution in [0.25, 0.3) is 10.2 Å². The number of benzene rings is 1. The molecule has 0 spiro atoms. The molecule has 3 rings (SSSR count). The predicted octanol–water partition coefficient (Wildman–Crippen LogP) is 6.04. The Morgan fingerprint density at radius 2 is 1.88 bits per heavy atom. The third kappa shape index (κ3) is 3.74. The molecule has 124 valence electrons. The van der Waals surface area contributed by atoms with Crippen LogP contribution in [0.5, 0.6) is 0 Å². The van der Waals surface area contributed by atoms with Gasteiger partial charge in [0.2, 0.25) is 5.91 Å². The maximum atomic E-state index is 12.2. The van der Waals surface area contributed by atoms with Crippen LogP contribution in [0.4, 0.5) is 5.69 Å². The highest BCUT2D eigenvalue weighted by Crippen LogP contribution is 2.41. The number of nitrogens with zero attached hydrogens (tertiary/aromatic N) is 2. The number of anilines is 1. The summed E-state index contributed by atoms with van der Waals surface area (Å²) in [6.07, 6.45) is 1.47. The maximum Gasteiger partial charge on any atom is 0.234 e. The summed E-state index contributed by atoms with van der Waals surface area (Å²) in [6, 6.07) is 3.33. The van der Waals surface area contributed by atoms with Crippen LogP contribution < -0.4 is 5.32 Å². The van der Waals surface area contributed by atoms with E-state index in [0.717, 1.165) is 15.2 Å². The van der Waals surface area contributed by atoms with Gasteiger partial charge in [-0.1, -0.05) is 58.2 Å². The van der Waals surface area contributed by atoms with E-state index in [1.54, 1.807) is 0 Å². The Morgan fingerprint density at radius 3 is 2.58 bits per heavy atom. The molecule has 0 radical (unpaired) electrons. The Kier molecular flexibility index (Phi) is 5.74. The molecule has 1 N–H and O–H groups in total. The number of nitrogens with one attached hydrogen (secondary N) is 1. The molecule has 0 fully saturated rings. The topological polar surface area (TPSA) is 54.9 Å². The molecule has 0 saturated carbocycles. The second-order valence-electron chi connectivity index (χ2n) is 4.49. The zero-order chi connectivity index (χ0) is 17.3. The minimum absolute atomic E-state index is 0.126. The van der Waals surface area contributed by atoms with Crippen molar-refractivity contribution >= 4 is 91.3 Å². The first-order valence-electron chi connectivity index (χ1n) is 6.41. The summed E-state index contributed by atoms with van der Waals surface area (Å²) in [7, 11) is 0. The number of thiophene rings is 1. The van der Waals surface area contributed by atoms with Crippen molar-refractivity contribution < 1.29 is 4.79 Å². The number of fused-ring (bicyclic) bond motifs is 1. The smallest absolute Gasteiger partial charge is 0.234 e. The first-order valence-corrected chi connectivity index (χ1v) is 9.79. The third-order valence-electron chi connectivity index (χ3n) is 2.93. The molecule has 24 heavy (non-hydrogen) atoms. The highest BCUT2D eigenvalue weighted by atomic mass is 35.5. The van der Waals surface area contributed by atoms with Crippen molar-refractivity contribution in [2.45, 2.75) is 5.03 Å². The lowest BCUT2D eigenvalue weighted by molar-refractivity contribution is -0.113. The van der Waals surface area contributed by atoms with Gasteiger partial charge < -0.3 is 5.32 Å². The van der Waals surface area contributed by atoms with Crippen LogP contribution >= 0.6 is 69.5 Å². The van der Waals surface area contributed by atoms with E-state index in [2.05, 4.69) is 15.3 Å². The standard InChI is InChI=1S/C14H7Cl4N3OS2/c15-6-3-7(16)11(18)12(10(6)17)21-9(22)4-24-14-13-8(1-2-23-13)19-5-20-14/h1-3,5H,4H2,(H,21,22). The van der Waals surface area contributed by atoms with E-state index in [1.807, 2.05) is 11.4 Å². The van der Waals surface area contributed by atoms with Crippen molar-refractivity contribution in [1.82, 2.24) is 9.97 Å². The van der Waals surface area contributed by atoms with Gasteiger partial charge in [0, 0.05) is 0 Å². The fourth-order valence-corrected chi connectivity index (χ4v) is 4.51. The van der Waals surface area contributed by atoms with Crippen LogP contribution in [-0.4, -0.2) is 21.6 Å². The number of hydrogen-bond donors (Lipinski definition) is 1. The number of halogens is 4. The summed E-state index contributed by atoms with van der Waals surface area (Å²) >= 11 is 26.9. The van der Waals surface area contributed by atoms with Gasteiger partial charge in [-0.25, -0.2) is 9.97 Å². The number of carbonyl (C=O) groups excluding carboxylic acids is 1. The average Bonchev–Trinajstić information content (AvgIpc) is 3.04. The van der Waals surface area contributed by atoms with Crippen molar-refractivity contribution in [3.8, 4) is 0 Å². The lowest BCUT2D eigenvalue weighted by Gasteiger charge is -2.11. The number of rotatable bonds is 4. The minimum Gasteiger partial charge on any atom is -0.323 e. The Bertz CT molecular complexity index is 906. The van der Waals surface area contributed by atoms with Gasteiger partial charge in [-0.05, 0) is 17.5 Å². The first kappa shape index (κ1) is 18.0.